The number of aliphatic hydroxyl groups excluding tert-OH is 2. The van der Waals surface area contributed by atoms with Crippen molar-refractivity contribution in [2.24, 2.45) is 16.7 Å². The van der Waals surface area contributed by atoms with Gasteiger partial charge in [-0.2, -0.15) is 4.98 Å². The summed E-state index contributed by atoms with van der Waals surface area (Å²) in [5.74, 6) is -7.59. The van der Waals surface area contributed by atoms with E-state index in [2.05, 4.69) is 77.7 Å². The van der Waals surface area contributed by atoms with E-state index in [1.54, 1.807) is 110 Å². The molecule has 3 fully saturated rings. The number of ketones is 1. The lowest BCUT2D eigenvalue weighted by Crippen LogP contribution is -2.82. The van der Waals surface area contributed by atoms with Gasteiger partial charge < -0.3 is 70.1 Å². The predicted molar refractivity (Wildman–Crippen MR) is 397 cm³/mol. The van der Waals surface area contributed by atoms with Crippen molar-refractivity contribution in [2.45, 2.75) is 179 Å². The Hall–Kier alpha value is -10.2. The molecule has 30 nitrogen and oxygen atoms in total. The number of aryl methyl sites for hydroxylation is 1. The first-order valence-electron chi connectivity index (χ1n) is 35.8. The number of nitrogen functional groups attached to an aromatic ring is 1. The summed E-state index contributed by atoms with van der Waals surface area (Å²) < 4.78 is 39.6. The summed E-state index contributed by atoms with van der Waals surface area (Å²) in [5, 5.41) is 59.1. The third-order valence-corrected chi connectivity index (χ3v) is 28.1. The van der Waals surface area contributed by atoms with Crippen molar-refractivity contribution in [3.63, 3.8) is 0 Å². The molecule has 1 saturated heterocycles. The van der Waals surface area contributed by atoms with Crippen LogP contribution in [0.3, 0.4) is 0 Å². The third-order valence-electron chi connectivity index (χ3n) is 21.0. The van der Waals surface area contributed by atoms with Gasteiger partial charge >= 0.3 is 23.9 Å². The Labute approximate surface area is 624 Å². The van der Waals surface area contributed by atoms with Gasteiger partial charge in [0.15, 0.2) is 51.4 Å². The number of esters is 4. The van der Waals surface area contributed by atoms with Gasteiger partial charge in [0, 0.05) is 87.6 Å². The number of ether oxygens (including phenoxy) is 5. The molecule has 4 heterocycles. The molecule has 7 aromatic rings. The Kier molecular flexibility index (Phi) is 23.3. The zero-order chi connectivity index (χ0) is 77.8. The zero-order valence-electron chi connectivity index (χ0n) is 61.9. The Morgan fingerprint density at radius 3 is 2.20 bits per heavy atom. The van der Waals surface area contributed by atoms with Gasteiger partial charge in [-0.1, -0.05) is 79.7 Å². The average molecular weight is 1520 g/mol. The number of Topliss-reactive ketones (excluding diaryl/α,β-unsaturated/α-hetero) is 1. The average Bonchev–Trinajstić information content (AvgIpc) is 0.716. The fourth-order valence-corrected chi connectivity index (χ4v) is 24.3. The van der Waals surface area contributed by atoms with Crippen LogP contribution in [0.25, 0.3) is 11.2 Å². The van der Waals surface area contributed by atoms with Crippen LogP contribution >= 0.6 is 0 Å². The molecule has 1 aliphatic heterocycles. The van der Waals surface area contributed by atoms with Crippen LogP contribution in [-0.4, -0.2) is 182 Å². The molecule has 2 saturated carbocycles. The van der Waals surface area contributed by atoms with Gasteiger partial charge in [0.25, 0.3) is 17.4 Å². The smallest absolute Gasteiger partial charge is 0.338 e. The molecule has 11 rings (SSSR count). The summed E-state index contributed by atoms with van der Waals surface area (Å²) in [6, 6.07) is 29.7. The normalized spacial score (nSPS) is 23.5. The van der Waals surface area contributed by atoms with Gasteiger partial charge in [-0.25, -0.2) is 19.6 Å². The van der Waals surface area contributed by atoms with Gasteiger partial charge in [0.1, 0.15) is 23.9 Å². The topological polar surface area (TPSA) is 429 Å². The molecular weight excluding hydrogens is 1430 g/mol. The quantitative estimate of drug-likeness (QED) is 0.00943. The summed E-state index contributed by atoms with van der Waals surface area (Å²) in [7, 11) is -4.90. The largest absolute Gasteiger partial charge is 0.456 e. The van der Waals surface area contributed by atoms with E-state index in [-0.39, 0.29) is 83.7 Å². The van der Waals surface area contributed by atoms with Crippen molar-refractivity contribution in [1.29, 1.82) is 0 Å². The number of fused-ring (bicyclic) bond motifs is 6. The summed E-state index contributed by atoms with van der Waals surface area (Å²) in [6.07, 6.45) is -6.54. The second kappa shape index (κ2) is 31.9. The first-order chi connectivity index (χ1) is 51.1. The number of aromatic amines is 1. The van der Waals surface area contributed by atoms with Crippen LogP contribution in [0.15, 0.2) is 138 Å². The van der Waals surface area contributed by atoms with Crippen molar-refractivity contribution in [1.82, 2.24) is 50.9 Å². The SMILES string of the molecule is CC(=O)O[C@@H]1C(=O)[C@@]2(C)[C@H](O)C[C@@H]3OC[C@]3(OC(C)=O)[C@@H]2[C@@H](OC(=O)c2ccccc2)[C@@]2(O)C[C@@H](OC(=O)[C@@H](O)[C@H](NC(=O)c3cccc(C[Si](C)(C)O[Si](C)(C)CCn4cc(CCNC(=O)CCCNC(=O)c5ccc(NCc6cnc7nc(N)[nH]c(=O)c7n6)cc5)nn4)c3)c3ccccc3)C(C)=C1C2(C)C. The number of nitrogens with zero attached hydrogens (tertiary/aromatic N) is 6. The maximum Gasteiger partial charge on any atom is 0.338 e. The monoisotopic (exact) mass is 1520 g/mol. The van der Waals surface area contributed by atoms with E-state index in [9.17, 15) is 53.7 Å². The number of benzene rings is 4. The highest BCUT2D eigenvalue weighted by atomic mass is 28.4. The lowest BCUT2D eigenvalue weighted by molar-refractivity contribution is -0.346. The number of hydrogen-bond donors (Lipinski definition) is 9. The highest BCUT2D eigenvalue weighted by Crippen LogP contribution is 2.64. The highest BCUT2D eigenvalue weighted by molar-refractivity contribution is 6.84. The Bertz CT molecular complexity index is 4660. The summed E-state index contributed by atoms with van der Waals surface area (Å²) in [5.41, 5.74) is 1.05. The van der Waals surface area contributed by atoms with E-state index >= 15 is 4.79 Å². The molecule has 0 spiro atoms. The molecule has 0 radical (unpaired) electrons. The fraction of sp³-hybridized carbons (Fsp3) is 0.447. The number of nitrogens with two attached hydrogens (primary N) is 1. The van der Waals surface area contributed by atoms with Crippen LogP contribution in [0.5, 0.6) is 0 Å². The molecule has 10 N–H and O–H groups in total. The van der Waals surface area contributed by atoms with Gasteiger partial charge in [-0.15, -0.1) is 5.10 Å². The molecule has 2 bridgehead atoms. The maximum atomic E-state index is 15.8. The van der Waals surface area contributed by atoms with Crippen molar-refractivity contribution in [3.8, 4) is 0 Å². The number of H-pyrrole nitrogens is 1. The summed E-state index contributed by atoms with van der Waals surface area (Å²) in [4.78, 5) is 139. The van der Waals surface area contributed by atoms with Crippen LogP contribution < -0.4 is 32.6 Å². The van der Waals surface area contributed by atoms with Crippen LogP contribution in [0.2, 0.25) is 32.2 Å². The number of aliphatic hydroxyl groups is 3. The van der Waals surface area contributed by atoms with Crippen LogP contribution in [0, 0.1) is 16.7 Å². The number of anilines is 2. The molecule has 4 aromatic carbocycles. The van der Waals surface area contributed by atoms with Crippen LogP contribution in [-0.2, 0) is 77.3 Å². The summed E-state index contributed by atoms with van der Waals surface area (Å²) >= 11 is 0. The molecule has 32 heteroatoms. The minimum atomic E-state index is -2.52. The maximum absolute atomic E-state index is 15.8. The highest BCUT2D eigenvalue weighted by Gasteiger charge is 2.78. The fourth-order valence-electron chi connectivity index (χ4n) is 15.6. The number of aromatic nitrogens is 7. The molecule has 108 heavy (non-hydrogen) atoms. The number of carbonyl (C=O) groups excluding carboxylic acids is 8. The van der Waals surface area contributed by atoms with Crippen molar-refractivity contribution >= 4 is 86.8 Å². The molecule has 3 aliphatic carbocycles. The lowest BCUT2D eigenvalue weighted by Gasteiger charge is -2.67. The number of hydrogen-bond acceptors (Lipinski definition) is 25. The van der Waals surface area contributed by atoms with E-state index in [1.165, 1.54) is 32.2 Å². The van der Waals surface area contributed by atoms with Crippen LogP contribution in [0.4, 0.5) is 11.6 Å². The van der Waals surface area contributed by atoms with E-state index in [0.29, 0.717) is 66.2 Å². The minimum Gasteiger partial charge on any atom is -0.456 e. The molecule has 4 aliphatic rings. The zero-order valence-corrected chi connectivity index (χ0v) is 63.9. The van der Waals surface area contributed by atoms with Gasteiger partial charge in [-0.05, 0) is 129 Å². The van der Waals surface area contributed by atoms with E-state index in [4.69, 9.17) is 33.5 Å². The first-order valence-corrected chi connectivity index (χ1v) is 42.1. The summed E-state index contributed by atoms with van der Waals surface area (Å²) in [6.45, 7) is 17.8. The molecule has 11 atom stereocenters. The molecule has 3 amide bonds. The predicted octanol–water partition coefficient (Wildman–Crippen LogP) is 5.63. The van der Waals surface area contributed by atoms with Crippen molar-refractivity contribution in [3.05, 3.63) is 182 Å². The number of nitrogens with one attached hydrogen (secondary N) is 5. The second-order valence-corrected chi connectivity index (χ2v) is 38.8. The molecular formula is C76H92N12O18Si2. The molecule has 572 valence electrons. The van der Waals surface area contributed by atoms with Gasteiger partial charge in [-0.3, -0.25) is 43.2 Å². The van der Waals surface area contributed by atoms with Crippen molar-refractivity contribution < 1.29 is 81.5 Å². The Balaban J connectivity index is 0.691. The van der Waals surface area contributed by atoms with Gasteiger partial charge in [0.2, 0.25) is 11.9 Å². The standard InChI is InChI=1S/C76H92N12O18Si2/c1-43-54(37-76(100)65(104-70(98)49-22-15-12-16-23-49)63-74(6,55(91)36-56-75(63,42-101-56)105-45(3)90)64(94)62(102-44(2)89)58(43)73(76,4)5)103-71(99)61(93)59(47-20-13-11-14-21-47)83-68(96)50-24-17-19-46(35-50)41-108(9,10)106-107(7,8)34-33-88-40-52(86-87-88)30-32-78-57(92)25-18-31-79-67(95)48-26-28-51(29-27-48)80-38-53-39-81-66-60(82-53)69(97)85-72(77)84-66/h11-17,19-24,26-29,35,39-40,54-56,59,61-63,65,80,91,93,100H,18,25,30-34,36-38,41-42H2,1-10H3,(H,78,92)(H,79,95)(H,83,96)(H3,77,81,84,85,97)/t54-,55-,56+,59-,61+,62+,63-,65-,74+,75-,76+/m1/s1. The number of amides is 3. The second-order valence-electron chi connectivity index (χ2n) is 30.1. The van der Waals surface area contributed by atoms with E-state index < -0.39 is 135 Å². The molecule has 0 unspecified atom stereocenters. The van der Waals surface area contributed by atoms with E-state index in [1.807, 2.05) is 12.3 Å². The Morgan fingerprint density at radius 2 is 1.52 bits per heavy atom. The molecule has 3 aromatic heterocycles. The lowest BCUT2D eigenvalue weighted by atomic mass is 9.44. The van der Waals surface area contributed by atoms with Crippen molar-refractivity contribution in [2.75, 3.05) is 30.7 Å². The Morgan fingerprint density at radius 1 is 0.815 bits per heavy atom. The third kappa shape index (κ3) is 16.9. The van der Waals surface area contributed by atoms with Crippen LogP contribution in [0.1, 0.15) is 127 Å². The first kappa shape index (κ1) is 78.8. The number of carbonyl (C=O) groups is 8. The van der Waals surface area contributed by atoms with Gasteiger partial charge in [0.05, 0.1) is 59.8 Å². The minimum absolute atomic E-state index is 0.0354. The van der Waals surface area contributed by atoms with E-state index in [0.717, 1.165) is 19.4 Å². The number of rotatable bonds is 28.